The highest BCUT2D eigenvalue weighted by Gasteiger charge is 2.22. The van der Waals surface area contributed by atoms with Gasteiger partial charge in [0.15, 0.2) is 5.82 Å². The fourth-order valence-corrected chi connectivity index (χ4v) is 1.90. The third-order valence-corrected chi connectivity index (χ3v) is 2.73. The van der Waals surface area contributed by atoms with Gasteiger partial charge in [0, 0.05) is 11.8 Å². The highest BCUT2D eigenvalue weighted by molar-refractivity contribution is 5.87. The van der Waals surface area contributed by atoms with Gasteiger partial charge >= 0.3 is 5.09 Å². The van der Waals surface area contributed by atoms with Gasteiger partial charge in [-0.15, -0.1) is 20.4 Å². The number of H-pyrrole nitrogens is 1. The van der Waals surface area contributed by atoms with Crippen molar-refractivity contribution in [3.63, 3.8) is 0 Å². The van der Waals surface area contributed by atoms with Crippen molar-refractivity contribution in [3.05, 3.63) is 46.6 Å². The first-order chi connectivity index (χ1) is 9.74. The van der Waals surface area contributed by atoms with E-state index in [1.807, 2.05) is 30.3 Å². The summed E-state index contributed by atoms with van der Waals surface area (Å²) in [6.45, 7) is 0.0890. The average Bonchev–Trinajstić information content (AvgIpc) is 3.07. The predicted octanol–water partition coefficient (Wildman–Crippen LogP) is 1.22. The maximum absolute atomic E-state index is 10.3. The van der Waals surface area contributed by atoms with Gasteiger partial charge in [-0.25, -0.2) is 0 Å². The molecule has 0 radical (unpaired) electrons. The molecule has 9 heteroatoms. The summed E-state index contributed by atoms with van der Waals surface area (Å²) < 4.78 is 0. The van der Waals surface area contributed by atoms with Gasteiger partial charge in [-0.05, 0) is 5.56 Å². The zero-order chi connectivity index (χ0) is 13.9. The maximum Gasteiger partial charge on any atom is 0.318 e. The van der Waals surface area contributed by atoms with E-state index in [1.54, 1.807) is 11.1 Å². The molecule has 0 saturated carbocycles. The molecule has 3 rings (SSSR count). The van der Waals surface area contributed by atoms with Crippen molar-refractivity contribution in [1.29, 1.82) is 0 Å². The summed E-state index contributed by atoms with van der Waals surface area (Å²) in [6.07, 6.45) is 3.18. The number of hydrogen-bond donors (Lipinski definition) is 1. The van der Waals surface area contributed by atoms with Crippen molar-refractivity contribution in [2.45, 2.75) is 0 Å². The highest BCUT2D eigenvalue weighted by Crippen LogP contribution is 2.28. The van der Waals surface area contributed by atoms with E-state index in [0.717, 1.165) is 16.3 Å². The molecule has 0 unspecified atom stereocenters. The largest absolute Gasteiger partial charge is 0.318 e. The van der Waals surface area contributed by atoms with Gasteiger partial charge in [0.2, 0.25) is 0 Å². The minimum atomic E-state index is -0.913. The van der Waals surface area contributed by atoms with Gasteiger partial charge in [0.25, 0.3) is 0 Å². The third-order valence-electron chi connectivity index (χ3n) is 2.73. The zero-order valence-corrected chi connectivity index (χ0v) is 10.2. The summed E-state index contributed by atoms with van der Waals surface area (Å²) in [4.78, 5) is 16.2. The number of hydrazone groups is 1. The van der Waals surface area contributed by atoms with Gasteiger partial charge < -0.3 is 0 Å². The van der Waals surface area contributed by atoms with Crippen LogP contribution in [0, 0.1) is 10.1 Å². The first kappa shape index (κ1) is 12.0. The van der Waals surface area contributed by atoms with Gasteiger partial charge in [0.05, 0.1) is 0 Å². The molecule has 0 bridgehead atoms. The topological polar surface area (TPSA) is 99.9 Å². The summed E-state index contributed by atoms with van der Waals surface area (Å²) in [6, 6.07) is 9.67. The van der Waals surface area contributed by atoms with Crippen LogP contribution in [0.3, 0.4) is 0 Å². The van der Waals surface area contributed by atoms with Crippen molar-refractivity contribution in [1.82, 2.24) is 15.4 Å². The first-order valence-corrected chi connectivity index (χ1v) is 5.74. The van der Waals surface area contributed by atoms with E-state index in [4.69, 9.17) is 0 Å². The molecule has 0 fully saturated rings. The number of benzene rings is 1. The molecule has 20 heavy (non-hydrogen) atoms. The summed E-state index contributed by atoms with van der Waals surface area (Å²) >= 11 is 0. The Balaban J connectivity index is 1.82. The van der Waals surface area contributed by atoms with Crippen LogP contribution < -0.4 is 4.90 Å². The van der Waals surface area contributed by atoms with Gasteiger partial charge in [-0.2, -0.15) is 10.0 Å². The Bertz CT molecular complexity index is 641. The Kier molecular flexibility index (Phi) is 2.92. The molecule has 0 saturated heterocycles. The lowest BCUT2D eigenvalue weighted by molar-refractivity contribution is -0.810. The Morgan fingerprint density at radius 1 is 1.35 bits per heavy atom. The quantitative estimate of drug-likeness (QED) is 0.664. The van der Waals surface area contributed by atoms with E-state index < -0.39 is 5.09 Å². The number of nitrogens with one attached hydrogen (secondary N) is 1. The molecule has 1 aromatic heterocycles. The number of hydroxylamine groups is 1. The molecule has 2 aromatic rings. The second kappa shape index (κ2) is 4.88. The molecule has 102 valence electrons. The van der Waals surface area contributed by atoms with E-state index in [9.17, 15) is 10.1 Å². The van der Waals surface area contributed by atoms with Gasteiger partial charge in [-0.1, -0.05) is 30.3 Å². The van der Waals surface area contributed by atoms with Gasteiger partial charge in [0.1, 0.15) is 13.0 Å². The number of anilines is 1. The SMILES string of the molecule is O=[N+]([O-])ON1CN(c2n[nH]cc2-c2ccccc2)C=N1. The molecule has 0 atom stereocenters. The fraction of sp³-hybridized carbons (Fsp3) is 0.0909. The third kappa shape index (κ3) is 2.23. The van der Waals surface area contributed by atoms with Crippen LogP contribution in [-0.4, -0.2) is 33.5 Å². The minimum Gasteiger partial charge on any atom is -0.291 e. The fourth-order valence-electron chi connectivity index (χ4n) is 1.90. The maximum atomic E-state index is 10.3. The molecule has 1 aliphatic rings. The van der Waals surface area contributed by atoms with E-state index in [0.29, 0.717) is 5.82 Å². The van der Waals surface area contributed by atoms with E-state index in [1.165, 1.54) is 6.34 Å². The Hall–Kier alpha value is -3.10. The predicted molar refractivity (Wildman–Crippen MR) is 69.8 cm³/mol. The molecule has 1 aliphatic heterocycles. The Morgan fingerprint density at radius 3 is 2.90 bits per heavy atom. The minimum absolute atomic E-state index is 0.0890. The Morgan fingerprint density at radius 2 is 2.15 bits per heavy atom. The molecular weight excluding hydrogens is 264 g/mol. The summed E-state index contributed by atoms with van der Waals surface area (Å²) in [5.74, 6) is 0.620. The van der Waals surface area contributed by atoms with E-state index in [2.05, 4.69) is 20.2 Å². The highest BCUT2D eigenvalue weighted by atomic mass is 17.0. The molecule has 9 nitrogen and oxygen atoms in total. The second-order valence-electron chi connectivity index (χ2n) is 3.99. The standard InChI is InChI=1S/C11H10N6O3/c18-17(19)20-16-8-15(7-13-16)11-10(6-12-14-11)9-4-2-1-3-5-9/h1-7H,8H2,(H,12,14). The van der Waals surface area contributed by atoms with Gasteiger partial charge in [-0.3, -0.25) is 10.00 Å². The smallest absolute Gasteiger partial charge is 0.291 e. The first-order valence-electron chi connectivity index (χ1n) is 5.74. The lowest BCUT2D eigenvalue weighted by atomic mass is 10.1. The summed E-state index contributed by atoms with van der Waals surface area (Å²) in [7, 11) is 0. The van der Waals surface area contributed by atoms with Crippen molar-refractivity contribution in [2.75, 3.05) is 11.6 Å². The molecule has 0 spiro atoms. The molecule has 1 aromatic carbocycles. The average molecular weight is 274 g/mol. The number of hydrogen-bond acceptors (Lipinski definition) is 7. The van der Waals surface area contributed by atoms with Crippen molar-refractivity contribution >= 4 is 12.2 Å². The molecule has 0 amide bonds. The zero-order valence-electron chi connectivity index (χ0n) is 10.2. The lowest BCUT2D eigenvalue weighted by Gasteiger charge is -2.15. The van der Waals surface area contributed by atoms with E-state index in [-0.39, 0.29) is 6.67 Å². The number of aromatic nitrogens is 2. The van der Waals surface area contributed by atoms with Crippen molar-refractivity contribution < 1.29 is 10.0 Å². The van der Waals surface area contributed by atoms with Crippen molar-refractivity contribution in [3.8, 4) is 11.1 Å². The summed E-state index contributed by atoms with van der Waals surface area (Å²) in [5.41, 5.74) is 1.86. The lowest BCUT2D eigenvalue weighted by Crippen LogP contribution is -2.28. The molecule has 1 N–H and O–H groups in total. The molecular formula is C11H10N6O3. The summed E-state index contributed by atoms with van der Waals surface area (Å²) in [5, 5.41) is 20.9. The molecule has 0 aliphatic carbocycles. The Labute approximate surface area is 113 Å². The van der Waals surface area contributed by atoms with E-state index >= 15 is 0 Å². The van der Waals surface area contributed by atoms with Crippen LogP contribution in [0.2, 0.25) is 0 Å². The normalized spacial score (nSPS) is 13.8. The number of aromatic amines is 1. The van der Waals surface area contributed by atoms with Crippen LogP contribution in [0.4, 0.5) is 5.82 Å². The van der Waals surface area contributed by atoms with Crippen LogP contribution in [0.5, 0.6) is 0 Å². The van der Waals surface area contributed by atoms with Crippen LogP contribution in [0.1, 0.15) is 0 Å². The number of nitrogens with zero attached hydrogens (tertiary/aromatic N) is 5. The van der Waals surface area contributed by atoms with Crippen LogP contribution in [0.25, 0.3) is 11.1 Å². The van der Waals surface area contributed by atoms with Crippen molar-refractivity contribution in [2.24, 2.45) is 5.10 Å². The van der Waals surface area contributed by atoms with Crippen LogP contribution >= 0.6 is 0 Å². The molecule has 2 heterocycles. The van der Waals surface area contributed by atoms with Crippen LogP contribution in [-0.2, 0) is 4.94 Å². The second-order valence-corrected chi connectivity index (χ2v) is 3.99. The number of rotatable bonds is 4. The monoisotopic (exact) mass is 274 g/mol. The van der Waals surface area contributed by atoms with Crippen LogP contribution in [0.15, 0.2) is 41.6 Å².